The average Bonchev–Trinajstić information content (AvgIpc) is 2.49. The van der Waals surface area contributed by atoms with Gasteiger partial charge < -0.3 is 10.1 Å². The maximum atomic E-state index is 10.9. The van der Waals surface area contributed by atoms with Crippen LogP contribution in [0.15, 0.2) is 18.2 Å². The van der Waals surface area contributed by atoms with Gasteiger partial charge in [-0.3, -0.25) is 15.0 Å². The topological polar surface area (TPSA) is 91.4 Å². The van der Waals surface area contributed by atoms with Crippen LogP contribution in [0.25, 0.3) is 0 Å². The molecule has 1 aromatic carbocycles. The summed E-state index contributed by atoms with van der Waals surface area (Å²) in [7, 11) is 3.40. The van der Waals surface area contributed by atoms with E-state index in [9.17, 15) is 10.1 Å². The first kappa shape index (κ1) is 16.9. The molecule has 1 N–H and O–H groups in total. The normalized spacial score (nSPS) is 10.4. The van der Waals surface area contributed by atoms with Crippen LogP contribution in [-0.4, -0.2) is 43.7 Å². The zero-order valence-electron chi connectivity index (χ0n) is 12.3. The van der Waals surface area contributed by atoms with Crippen LogP contribution in [0.5, 0.6) is 0 Å². The highest BCUT2D eigenvalue weighted by Crippen LogP contribution is 2.23. The number of nitro benzene ring substituents is 1. The van der Waals surface area contributed by atoms with Crippen molar-refractivity contribution < 1.29 is 9.66 Å². The van der Waals surface area contributed by atoms with Gasteiger partial charge in [0.1, 0.15) is 0 Å². The SMILES string of the molecule is CNc1ccc([N+](=O)[O-])cc1CN(CCC#N)CCOC. The number of methoxy groups -OCH3 is 1. The number of nitrogens with zero attached hydrogens (tertiary/aromatic N) is 3. The predicted octanol–water partition coefficient (Wildman–Crippen LogP) is 2.00. The number of hydrogen-bond donors (Lipinski definition) is 1. The molecule has 0 heterocycles. The van der Waals surface area contributed by atoms with E-state index in [1.54, 1.807) is 26.3 Å². The van der Waals surface area contributed by atoms with Gasteiger partial charge in [-0.15, -0.1) is 0 Å². The zero-order valence-corrected chi connectivity index (χ0v) is 12.3. The third-order valence-corrected chi connectivity index (χ3v) is 3.11. The van der Waals surface area contributed by atoms with E-state index < -0.39 is 4.92 Å². The lowest BCUT2D eigenvalue weighted by molar-refractivity contribution is -0.384. The monoisotopic (exact) mass is 292 g/mol. The summed E-state index contributed by atoms with van der Waals surface area (Å²) < 4.78 is 5.06. The van der Waals surface area contributed by atoms with E-state index >= 15 is 0 Å². The molecule has 0 aliphatic carbocycles. The zero-order chi connectivity index (χ0) is 15.7. The van der Waals surface area contributed by atoms with Crippen LogP contribution in [-0.2, 0) is 11.3 Å². The molecule has 0 saturated carbocycles. The van der Waals surface area contributed by atoms with Crippen LogP contribution < -0.4 is 5.32 Å². The quantitative estimate of drug-likeness (QED) is 0.553. The number of nitro groups is 1. The molecule has 1 aromatic rings. The van der Waals surface area contributed by atoms with Crippen LogP contribution in [0.1, 0.15) is 12.0 Å². The lowest BCUT2D eigenvalue weighted by Gasteiger charge is -2.22. The predicted molar refractivity (Wildman–Crippen MR) is 80.0 cm³/mol. The van der Waals surface area contributed by atoms with E-state index in [0.717, 1.165) is 11.3 Å². The van der Waals surface area contributed by atoms with Gasteiger partial charge in [-0.1, -0.05) is 0 Å². The minimum absolute atomic E-state index is 0.0657. The second kappa shape index (κ2) is 8.89. The molecule has 0 aliphatic rings. The summed E-state index contributed by atoms with van der Waals surface area (Å²) >= 11 is 0. The number of hydrogen-bond acceptors (Lipinski definition) is 6. The fourth-order valence-corrected chi connectivity index (χ4v) is 2.01. The third kappa shape index (κ3) is 5.38. The number of ether oxygens (including phenoxy) is 1. The minimum atomic E-state index is -0.405. The standard InChI is InChI=1S/C14H20N4O3/c1-16-14-5-4-13(18(19)20)10-12(14)11-17(7-3-6-15)8-9-21-2/h4-5,10,16H,3,7-9,11H2,1-2H3. The molecule has 21 heavy (non-hydrogen) atoms. The summed E-state index contributed by atoms with van der Waals surface area (Å²) in [5, 5.41) is 22.6. The lowest BCUT2D eigenvalue weighted by atomic mass is 10.1. The number of nitrogens with one attached hydrogen (secondary N) is 1. The highest BCUT2D eigenvalue weighted by atomic mass is 16.6. The first-order valence-corrected chi connectivity index (χ1v) is 6.65. The molecular weight excluding hydrogens is 272 g/mol. The van der Waals surface area contributed by atoms with Crippen molar-refractivity contribution in [3.63, 3.8) is 0 Å². The van der Waals surface area contributed by atoms with Gasteiger partial charge >= 0.3 is 0 Å². The number of nitriles is 1. The number of non-ortho nitro benzene ring substituents is 1. The van der Waals surface area contributed by atoms with Gasteiger partial charge in [-0.05, 0) is 11.6 Å². The molecule has 7 heteroatoms. The first-order chi connectivity index (χ1) is 10.1. The molecule has 0 bridgehead atoms. The number of anilines is 1. The molecule has 0 saturated heterocycles. The Morgan fingerprint density at radius 2 is 2.24 bits per heavy atom. The van der Waals surface area contributed by atoms with Gasteiger partial charge in [0.15, 0.2) is 0 Å². The van der Waals surface area contributed by atoms with E-state index in [2.05, 4.69) is 11.4 Å². The van der Waals surface area contributed by atoms with Crippen LogP contribution in [0.4, 0.5) is 11.4 Å². The molecule has 0 unspecified atom stereocenters. The van der Waals surface area contributed by atoms with Gasteiger partial charge in [-0.25, -0.2) is 0 Å². The first-order valence-electron chi connectivity index (χ1n) is 6.65. The van der Waals surface area contributed by atoms with Crippen LogP contribution in [0, 0.1) is 21.4 Å². The van der Waals surface area contributed by atoms with Gasteiger partial charge in [0.25, 0.3) is 5.69 Å². The Balaban J connectivity index is 2.91. The van der Waals surface area contributed by atoms with Gasteiger partial charge in [0.2, 0.25) is 0 Å². The molecule has 0 radical (unpaired) electrons. The summed E-state index contributed by atoms with van der Waals surface area (Å²) in [6.45, 7) is 2.36. The van der Waals surface area contributed by atoms with Crippen LogP contribution in [0.2, 0.25) is 0 Å². The summed E-state index contributed by atoms with van der Waals surface area (Å²) in [5.41, 5.74) is 1.75. The Morgan fingerprint density at radius 3 is 2.81 bits per heavy atom. The van der Waals surface area contributed by atoms with Gasteiger partial charge in [-0.2, -0.15) is 5.26 Å². The van der Waals surface area contributed by atoms with Crippen molar-refractivity contribution in [2.24, 2.45) is 0 Å². The van der Waals surface area contributed by atoms with Crippen molar-refractivity contribution in [3.8, 4) is 6.07 Å². The van der Waals surface area contributed by atoms with Crippen molar-refractivity contribution in [1.29, 1.82) is 5.26 Å². The Labute approximate surface area is 124 Å². The van der Waals surface area contributed by atoms with Crippen LogP contribution >= 0.6 is 0 Å². The molecule has 7 nitrogen and oxygen atoms in total. The van der Waals surface area contributed by atoms with E-state index in [1.807, 2.05) is 4.90 Å². The molecule has 0 aliphatic heterocycles. The van der Waals surface area contributed by atoms with Crippen molar-refractivity contribution >= 4 is 11.4 Å². The maximum absolute atomic E-state index is 10.9. The third-order valence-electron chi connectivity index (χ3n) is 3.11. The van der Waals surface area contributed by atoms with Crippen molar-refractivity contribution in [3.05, 3.63) is 33.9 Å². The van der Waals surface area contributed by atoms with Gasteiger partial charge in [0.05, 0.1) is 17.6 Å². The molecule has 114 valence electrons. The highest BCUT2D eigenvalue weighted by Gasteiger charge is 2.13. The Kier molecular flexibility index (Phi) is 7.15. The van der Waals surface area contributed by atoms with E-state index in [1.165, 1.54) is 6.07 Å². The molecule has 1 rings (SSSR count). The number of rotatable bonds is 9. The summed E-state index contributed by atoms with van der Waals surface area (Å²) in [5.74, 6) is 0. The molecule has 0 amide bonds. The molecule has 0 fully saturated rings. The Bertz CT molecular complexity index is 513. The largest absolute Gasteiger partial charge is 0.388 e. The average molecular weight is 292 g/mol. The molecule has 0 spiro atoms. The summed E-state index contributed by atoms with van der Waals surface area (Å²) in [6, 6.07) is 6.86. The minimum Gasteiger partial charge on any atom is -0.388 e. The maximum Gasteiger partial charge on any atom is 0.269 e. The second-order valence-corrected chi connectivity index (χ2v) is 4.53. The van der Waals surface area contributed by atoms with E-state index in [4.69, 9.17) is 10.00 Å². The fraction of sp³-hybridized carbons (Fsp3) is 0.500. The smallest absolute Gasteiger partial charge is 0.269 e. The van der Waals surface area contributed by atoms with E-state index in [0.29, 0.717) is 32.7 Å². The second-order valence-electron chi connectivity index (χ2n) is 4.53. The summed E-state index contributed by atoms with van der Waals surface area (Å²) in [6.07, 6.45) is 0.410. The molecule has 0 aromatic heterocycles. The molecular formula is C14H20N4O3. The Morgan fingerprint density at radius 1 is 1.48 bits per heavy atom. The summed E-state index contributed by atoms with van der Waals surface area (Å²) in [4.78, 5) is 12.5. The lowest BCUT2D eigenvalue weighted by Crippen LogP contribution is -2.28. The van der Waals surface area contributed by atoms with Crippen LogP contribution in [0.3, 0.4) is 0 Å². The highest BCUT2D eigenvalue weighted by molar-refractivity contribution is 5.55. The Hall–Kier alpha value is -2.17. The van der Waals surface area contributed by atoms with Crippen molar-refractivity contribution in [1.82, 2.24) is 4.90 Å². The van der Waals surface area contributed by atoms with E-state index in [-0.39, 0.29) is 5.69 Å². The fourth-order valence-electron chi connectivity index (χ4n) is 2.01. The van der Waals surface area contributed by atoms with Crippen molar-refractivity contribution in [2.45, 2.75) is 13.0 Å². The van der Waals surface area contributed by atoms with Crippen molar-refractivity contribution in [2.75, 3.05) is 39.2 Å². The number of benzene rings is 1. The molecule has 0 atom stereocenters. The van der Waals surface area contributed by atoms with Gasteiger partial charge in [0, 0.05) is 58.0 Å².